The Hall–Kier alpha value is -3.03. The summed E-state index contributed by atoms with van der Waals surface area (Å²) in [7, 11) is 0. The van der Waals surface area contributed by atoms with Crippen LogP contribution in [0.4, 0.5) is 4.79 Å². The SMILES string of the molecule is CCOC(=O)N1CCN(C(=O)Cc2c(C)c3cc4c(cc3oc2=O)OC(C)(C)CC4)CC1. The topological polar surface area (TPSA) is 89.3 Å². The Bertz CT molecular complexity index is 1110. The highest BCUT2D eigenvalue weighted by molar-refractivity contribution is 5.86. The average molecular weight is 443 g/mol. The van der Waals surface area contributed by atoms with Gasteiger partial charge in [-0.2, -0.15) is 0 Å². The van der Waals surface area contributed by atoms with Gasteiger partial charge < -0.3 is 23.7 Å². The summed E-state index contributed by atoms with van der Waals surface area (Å²) in [4.78, 5) is 40.8. The van der Waals surface area contributed by atoms with Crippen molar-refractivity contribution in [3.8, 4) is 5.75 Å². The molecule has 172 valence electrons. The maximum absolute atomic E-state index is 12.9. The average Bonchev–Trinajstić information content (AvgIpc) is 2.75. The molecule has 0 radical (unpaired) electrons. The molecule has 1 saturated heterocycles. The lowest BCUT2D eigenvalue weighted by Gasteiger charge is -2.34. The fourth-order valence-electron chi connectivity index (χ4n) is 4.36. The zero-order valence-corrected chi connectivity index (χ0v) is 19.2. The molecule has 4 rings (SSSR count). The molecular formula is C24H30N2O6. The molecule has 2 aliphatic heterocycles. The second-order valence-corrected chi connectivity index (χ2v) is 9.05. The van der Waals surface area contributed by atoms with Crippen LogP contribution < -0.4 is 10.4 Å². The third-order valence-corrected chi connectivity index (χ3v) is 6.34. The third-order valence-electron chi connectivity index (χ3n) is 6.34. The summed E-state index contributed by atoms with van der Waals surface area (Å²) in [6.07, 6.45) is 1.41. The van der Waals surface area contributed by atoms with Crippen molar-refractivity contribution >= 4 is 23.0 Å². The summed E-state index contributed by atoms with van der Waals surface area (Å²) in [5, 5.41) is 0.835. The molecule has 0 N–H and O–H groups in total. The summed E-state index contributed by atoms with van der Waals surface area (Å²) < 4.78 is 16.7. The first-order chi connectivity index (χ1) is 15.2. The standard InChI is InChI=1S/C24H30N2O6/c1-5-30-23(29)26-10-8-25(9-11-26)21(27)13-18-15(2)17-12-16-6-7-24(3,4)32-19(16)14-20(17)31-22(18)28/h12,14H,5-11,13H2,1-4H3. The van der Waals surface area contributed by atoms with Gasteiger partial charge in [-0.05, 0) is 57.7 Å². The zero-order chi connectivity index (χ0) is 23.0. The number of fused-ring (bicyclic) bond motifs is 2. The molecule has 0 saturated carbocycles. The van der Waals surface area contributed by atoms with Crippen LogP contribution in [-0.2, 0) is 22.4 Å². The monoisotopic (exact) mass is 442 g/mol. The van der Waals surface area contributed by atoms with Crippen molar-refractivity contribution in [1.82, 2.24) is 9.80 Å². The number of aryl methyl sites for hydroxylation is 2. The van der Waals surface area contributed by atoms with Crippen molar-refractivity contribution in [2.24, 2.45) is 0 Å². The van der Waals surface area contributed by atoms with Gasteiger partial charge in [0.05, 0.1) is 18.6 Å². The number of piperazine rings is 1. The molecule has 8 heteroatoms. The molecular weight excluding hydrogens is 412 g/mol. The van der Waals surface area contributed by atoms with Crippen molar-refractivity contribution in [2.45, 2.75) is 52.6 Å². The molecule has 1 aromatic carbocycles. The highest BCUT2D eigenvalue weighted by Gasteiger charge is 2.29. The molecule has 0 atom stereocenters. The molecule has 3 heterocycles. The van der Waals surface area contributed by atoms with Gasteiger partial charge in [0.2, 0.25) is 5.91 Å². The Kier molecular flexibility index (Phi) is 5.88. The number of rotatable bonds is 3. The number of carbonyl (C=O) groups is 2. The maximum atomic E-state index is 12.9. The van der Waals surface area contributed by atoms with Crippen LogP contribution in [-0.4, -0.2) is 60.2 Å². The molecule has 2 aromatic rings. The third kappa shape index (κ3) is 4.31. The minimum absolute atomic E-state index is 0.0237. The Balaban J connectivity index is 1.53. The van der Waals surface area contributed by atoms with E-state index >= 15 is 0 Å². The quantitative estimate of drug-likeness (QED) is 0.679. The molecule has 32 heavy (non-hydrogen) atoms. The van der Waals surface area contributed by atoms with Crippen molar-refractivity contribution in [3.63, 3.8) is 0 Å². The molecule has 1 aromatic heterocycles. The van der Waals surface area contributed by atoms with E-state index in [9.17, 15) is 14.4 Å². The van der Waals surface area contributed by atoms with Crippen molar-refractivity contribution in [2.75, 3.05) is 32.8 Å². The van der Waals surface area contributed by atoms with E-state index in [4.69, 9.17) is 13.9 Å². The van der Waals surface area contributed by atoms with E-state index in [0.29, 0.717) is 43.9 Å². The number of amides is 2. The number of hydrogen-bond donors (Lipinski definition) is 0. The number of nitrogens with zero attached hydrogens (tertiary/aromatic N) is 2. The molecule has 2 amide bonds. The summed E-state index contributed by atoms with van der Waals surface area (Å²) >= 11 is 0. The van der Waals surface area contributed by atoms with Crippen LogP contribution in [0.1, 0.15) is 43.9 Å². The fourth-order valence-corrected chi connectivity index (χ4v) is 4.36. The van der Waals surface area contributed by atoms with E-state index in [0.717, 1.165) is 35.1 Å². The van der Waals surface area contributed by atoms with E-state index in [-0.39, 0.29) is 24.0 Å². The molecule has 0 unspecified atom stereocenters. The van der Waals surface area contributed by atoms with Crippen LogP contribution >= 0.6 is 0 Å². The Labute approximate surface area is 187 Å². The molecule has 1 fully saturated rings. The van der Waals surface area contributed by atoms with Gasteiger partial charge in [0, 0.05) is 37.6 Å². The predicted octanol–water partition coefficient (Wildman–Crippen LogP) is 3.05. The summed E-state index contributed by atoms with van der Waals surface area (Å²) in [6, 6.07) is 3.81. The van der Waals surface area contributed by atoms with Gasteiger partial charge >= 0.3 is 11.7 Å². The van der Waals surface area contributed by atoms with E-state index in [2.05, 4.69) is 0 Å². The van der Waals surface area contributed by atoms with Crippen LogP contribution in [0.5, 0.6) is 5.75 Å². The van der Waals surface area contributed by atoms with E-state index in [1.807, 2.05) is 26.8 Å². The zero-order valence-electron chi connectivity index (χ0n) is 19.2. The minimum atomic E-state index is -0.497. The van der Waals surface area contributed by atoms with Gasteiger partial charge in [-0.15, -0.1) is 0 Å². The van der Waals surface area contributed by atoms with E-state index in [1.54, 1.807) is 22.8 Å². The van der Waals surface area contributed by atoms with Gasteiger partial charge in [-0.1, -0.05) is 0 Å². The Morgan fingerprint density at radius 1 is 1.12 bits per heavy atom. The highest BCUT2D eigenvalue weighted by atomic mass is 16.6. The first-order valence-electron chi connectivity index (χ1n) is 11.2. The van der Waals surface area contributed by atoms with Gasteiger partial charge in [-0.3, -0.25) is 4.79 Å². The number of hydrogen-bond acceptors (Lipinski definition) is 6. The summed E-state index contributed by atoms with van der Waals surface area (Å²) in [5.41, 5.74) is 1.96. The van der Waals surface area contributed by atoms with Gasteiger partial charge in [0.15, 0.2) is 0 Å². The van der Waals surface area contributed by atoms with E-state index < -0.39 is 5.63 Å². The Morgan fingerprint density at radius 3 is 2.50 bits per heavy atom. The van der Waals surface area contributed by atoms with Crippen LogP contribution in [0.3, 0.4) is 0 Å². The largest absolute Gasteiger partial charge is 0.487 e. The first kappa shape index (κ1) is 22.2. The van der Waals surface area contributed by atoms with Crippen LogP contribution in [0, 0.1) is 6.92 Å². The minimum Gasteiger partial charge on any atom is -0.487 e. The normalized spacial score (nSPS) is 17.6. The van der Waals surface area contributed by atoms with Gasteiger partial charge in [0.25, 0.3) is 0 Å². The second kappa shape index (κ2) is 8.48. The van der Waals surface area contributed by atoms with Crippen LogP contribution in [0.2, 0.25) is 0 Å². The molecule has 0 spiro atoms. The lowest BCUT2D eigenvalue weighted by molar-refractivity contribution is -0.132. The second-order valence-electron chi connectivity index (χ2n) is 9.05. The van der Waals surface area contributed by atoms with E-state index in [1.165, 1.54) is 0 Å². The first-order valence-corrected chi connectivity index (χ1v) is 11.2. The smallest absolute Gasteiger partial charge is 0.409 e. The van der Waals surface area contributed by atoms with Crippen molar-refractivity contribution < 1.29 is 23.5 Å². The summed E-state index contributed by atoms with van der Waals surface area (Å²) in [6.45, 7) is 9.69. The lowest BCUT2D eigenvalue weighted by Crippen LogP contribution is -2.51. The highest BCUT2D eigenvalue weighted by Crippen LogP contribution is 2.36. The van der Waals surface area contributed by atoms with Crippen molar-refractivity contribution in [1.29, 1.82) is 0 Å². The number of ether oxygens (including phenoxy) is 2. The lowest BCUT2D eigenvalue weighted by atomic mass is 9.92. The maximum Gasteiger partial charge on any atom is 0.409 e. The predicted molar refractivity (Wildman–Crippen MR) is 119 cm³/mol. The molecule has 0 bridgehead atoms. The number of benzene rings is 1. The molecule has 0 aliphatic carbocycles. The fraction of sp³-hybridized carbons (Fsp3) is 0.542. The van der Waals surface area contributed by atoms with Gasteiger partial charge in [-0.25, -0.2) is 9.59 Å². The van der Waals surface area contributed by atoms with Crippen LogP contribution in [0.15, 0.2) is 21.3 Å². The summed E-state index contributed by atoms with van der Waals surface area (Å²) in [5.74, 6) is 0.603. The Morgan fingerprint density at radius 2 is 1.81 bits per heavy atom. The molecule has 2 aliphatic rings. The van der Waals surface area contributed by atoms with Crippen molar-refractivity contribution in [3.05, 3.63) is 39.2 Å². The number of carbonyl (C=O) groups excluding carboxylic acids is 2. The van der Waals surface area contributed by atoms with Crippen LogP contribution in [0.25, 0.3) is 11.0 Å². The molecule has 8 nitrogen and oxygen atoms in total. The van der Waals surface area contributed by atoms with Gasteiger partial charge in [0.1, 0.15) is 16.9 Å².